The number of ether oxygens (including phenoxy) is 1. The second kappa shape index (κ2) is 7.45. The summed E-state index contributed by atoms with van der Waals surface area (Å²) >= 11 is 0. The number of nitrogens with zero attached hydrogens (tertiary/aromatic N) is 6. The topological polar surface area (TPSA) is 123 Å². The van der Waals surface area contributed by atoms with Crippen molar-refractivity contribution in [2.24, 2.45) is 0 Å². The lowest BCUT2D eigenvalue weighted by Crippen LogP contribution is -2.25. The number of hydrogen-bond acceptors (Lipinski definition) is 9. The van der Waals surface area contributed by atoms with Gasteiger partial charge in [0.25, 0.3) is 5.95 Å². The highest BCUT2D eigenvalue weighted by molar-refractivity contribution is 5.37. The molecule has 3 N–H and O–H groups in total. The van der Waals surface area contributed by atoms with Crippen molar-refractivity contribution in [3.8, 4) is 5.95 Å². The van der Waals surface area contributed by atoms with Crippen LogP contribution in [0.25, 0.3) is 5.95 Å². The van der Waals surface area contributed by atoms with Crippen LogP contribution in [0.3, 0.4) is 0 Å². The molecule has 0 aliphatic heterocycles. The molecule has 1 unspecified atom stereocenters. The van der Waals surface area contributed by atoms with Crippen LogP contribution in [0.5, 0.6) is 0 Å². The molecule has 0 aliphatic rings. The molecule has 0 saturated carbocycles. The molecule has 114 valence electrons. The van der Waals surface area contributed by atoms with Gasteiger partial charge in [0.1, 0.15) is 12.7 Å². The van der Waals surface area contributed by atoms with E-state index in [2.05, 4.69) is 35.7 Å². The molecule has 2 aromatic rings. The van der Waals surface area contributed by atoms with Crippen molar-refractivity contribution >= 4 is 11.9 Å². The molecule has 0 spiro atoms. The molecule has 21 heavy (non-hydrogen) atoms. The zero-order chi connectivity index (χ0) is 15.1. The Morgan fingerprint density at radius 1 is 1.29 bits per heavy atom. The van der Waals surface area contributed by atoms with Crippen LogP contribution in [0.4, 0.5) is 11.9 Å². The minimum absolute atomic E-state index is 0.230. The minimum Gasteiger partial charge on any atom is -0.389 e. The van der Waals surface area contributed by atoms with E-state index in [1.807, 2.05) is 6.92 Å². The second-order valence-corrected chi connectivity index (χ2v) is 4.14. The standard InChI is InChI=1S/C11H18N8O2/c1-3-13-9-16-10(14-4-8(20)5-21-2)18-11(17-9)19-7-12-6-15-19/h6-8,20H,3-5H2,1-2H3,(H2,13,14,16,17,18). The van der Waals surface area contributed by atoms with Crippen LogP contribution >= 0.6 is 0 Å². The number of aliphatic hydroxyl groups is 1. The highest BCUT2D eigenvalue weighted by Gasteiger charge is 2.10. The van der Waals surface area contributed by atoms with Gasteiger partial charge in [-0.05, 0) is 6.92 Å². The van der Waals surface area contributed by atoms with E-state index in [0.29, 0.717) is 24.4 Å². The number of methoxy groups -OCH3 is 1. The number of nitrogens with one attached hydrogen (secondary N) is 2. The third-order valence-electron chi connectivity index (χ3n) is 2.44. The van der Waals surface area contributed by atoms with Crippen LogP contribution in [0.15, 0.2) is 12.7 Å². The first-order chi connectivity index (χ1) is 10.2. The largest absolute Gasteiger partial charge is 0.389 e. The molecule has 0 radical (unpaired) electrons. The molecule has 1 atom stereocenters. The summed E-state index contributed by atoms with van der Waals surface area (Å²) < 4.78 is 6.29. The van der Waals surface area contributed by atoms with E-state index in [1.54, 1.807) is 0 Å². The van der Waals surface area contributed by atoms with E-state index in [0.717, 1.165) is 0 Å². The van der Waals surface area contributed by atoms with Crippen molar-refractivity contribution in [2.75, 3.05) is 37.4 Å². The van der Waals surface area contributed by atoms with Crippen LogP contribution in [0.2, 0.25) is 0 Å². The maximum absolute atomic E-state index is 9.63. The van der Waals surface area contributed by atoms with Gasteiger partial charge in [-0.25, -0.2) is 4.98 Å². The molecule has 10 nitrogen and oxygen atoms in total. The lowest BCUT2D eigenvalue weighted by atomic mass is 10.4. The van der Waals surface area contributed by atoms with E-state index in [9.17, 15) is 5.11 Å². The summed E-state index contributed by atoms with van der Waals surface area (Å²) in [5.74, 6) is 1.09. The van der Waals surface area contributed by atoms with Gasteiger partial charge in [-0.2, -0.15) is 24.7 Å². The van der Waals surface area contributed by atoms with Crippen LogP contribution in [0.1, 0.15) is 6.92 Å². The fraction of sp³-hybridized carbons (Fsp3) is 0.545. The van der Waals surface area contributed by atoms with Crippen LogP contribution < -0.4 is 10.6 Å². The lowest BCUT2D eigenvalue weighted by molar-refractivity contribution is 0.0726. The average Bonchev–Trinajstić information content (AvgIpc) is 3.00. The fourth-order valence-corrected chi connectivity index (χ4v) is 1.56. The van der Waals surface area contributed by atoms with Gasteiger partial charge in [0.2, 0.25) is 11.9 Å². The van der Waals surface area contributed by atoms with Gasteiger partial charge in [-0.1, -0.05) is 0 Å². The van der Waals surface area contributed by atoms with Gasteiger partial charge in [0, 0.05) is 20.2 Å². The predicted octanol–water partition coefficient (Wildman–Crippen LogP) is -0.697. The molecule has 10 heteroatoms. The Morgan fingerprint density at radius 3 is 2.67 bits per heavy atom. The molecule has 0 aromatic carbocycles. The van der Waals surface area contributed by atoms with Crippen molar-refractivity contribution < 1.29 is 9.84 Å². The summed E-state index contributed by atoms with van der Waals surface area (Å²) in [5.41, 5.74) is 0. The Labute approximate surface area is 121 Å². The smallest absolute Gasteiger partial charge is 0.258 e. The van der Waals surface area contributed by atoms with E-state index in [1.165, 1.54) is 24.4 Å². The van der Waals surface area contributed by atoms with E-state index >= 15 is 0 Å². The Bertz CT molecular complexity index is 547. The zero-order valence-electron chi connectivity index (χ0n) is 11.9. The molecule has 0 aliphatic carbocycles. The molecular weight excluding hydrogens is 276 g/mol. The van der Waals surface area contributed by atoms with Crippen LogP contribution in [0, 0.1) is 0 Å². The van der Waals surface area contributed by atoms with Crippen molar-refractivity contribution in [3.05, 3.63) is 12.7 Å². The highest BCUT2D eigenvalue weighted by atomic mass is 16.5. The Kier molecular flexibility index (Phi) is 5.35. The lowest BCUT2D eigenvalue weighted by Gasteiger charge is -2.12. The van der Waals surface area contributed by atoms with Gasteiger partial charge in [0.15, 0.2) is 0 Å². The second-order valence-electron chi connectivity index (χ2n) is 4.14. The normalized spacial score (nSPS) is 12.1. The third kappa shape index (κ3) is 4.33. The molecule has 0 saturated heterocycles. The first kappa shape index (κ1) is 15.1. The molecule has 2 rings (SSSR count). The Balaban J connectivity index is 2.16. The average molecular weight is 294 g/mol. The molecule has 0 fully saturated rings. The number of aliphatic hydroxyl groups excluding tert-OH is 1. The van der Waals surface area contributed by atoms with Crippen molar-refractivity contribution in [2.45, 2.75) is 13.0 Å². The van der Waals surface area contributed by atoms with Gasteiger partial charge in [0.05, 0.1) is 12.7 Å². The van der Waals surface area contributed by atoms with Gasteiger partial charge < -0.3 is 20.5 Å². The maximum Gasteiger partial charge on any atom is 0.258 e. The Hall–Kier alpha value is -2.33. The minimum atomic E-state index is -0.649. The van der Waals surface area contributed by atoms with Crippen LogP contribution in [-0.4, -0.2) is 67.7 Å². The fourth-order valence-electron chi connectivity index (χ4n) is 1.56. The van der Waals surface area contributed by atoms with E-state index in [4.69, 9.17) is 4.74 Å². The number of rotatable bonds is 8. The SMILES string of the molecule is CCNc1nc(NCC(O)COC)nc(-n2cncn2)n1. The maximum atomic E-state index is 9.63. The monoisotopic (exact) mass is 294 g/mol. The number of anilines is 2. The van der Waals surface area contributed by atoms with Gasteiger partial charge in [-0.15, -0.1) is 0 Å². The quantitative estimate of drug-likeness (QED) is 0.580. The summed E-state index contributed by atoms with van der Waals surface area (Å²) in [6.07, 6.45) is 2.24. The third-order valence-corrected chi connectivity index (χ3v) is 2.44. The highest BCUT2D eigenvalue weighted by Crippen LogP contribution is 2.08. The van der Waals surface area contributed by atoms with Gasteiger partial charge in [-0.3, -0.25) is 0 Å². The summed E-state index contributed by atoms with van der Waals surface area (Å²) in [6, 6.07) is 0. The molecule has 2 aromatic heterocycles. The summed E-state index contributed by atoms with van der Waals surface area (Å²) in [6.45, 7) is 3.11. The van der Waals surface area contributed by atoms with Crippen molar-refractivity contribution in [1.29, 1.82) is 0 Å². The molecule has 0 amide bonds. The summed E-state index contributed by atoms with van der Waals surface area (Å²) in [5, 5.41) is 19.6. The first-order valence-electron chi connectivity index (χ1n) is 6.48. The number of aromatic nitrogens is 6. The van der Waals surface area contributed by atoms with Crippen LogP contribution in [-0.2, 0) is 4.74 Å². The molecule has 0 bridgehead atoms. The predicted molar refractivity (Wildman–Crippen MR) is 75.3 cm³/mol. The Morgan fingerprint density at radius 2 is 2.05 bits per heavy atom. The summed E-state index contributed by atoms with van der Waals surface area (Å²) in [4.78, 5) is 16.5. The molecule has 2 heterocycles. The van der Waals surface area contributed by atoms with Crippen molar-refractivity contribution in [1.82, 2.24) is 29.7 Å². The van der Waals surface area contributed by atoms with E-state index in [-0.39, 0.29) is 13.2 Å². The number of hydrogen-bond donors (Lipinski definition) is 3. The van der Waals surface area contributed by atoms with Crippen molar-refractivity contribution in [3.63, 3.8) is 0 Å². The zero-order valence-corrected chi connectivity index (χ0v) is 11.9. The van der Waals surface area contributed by atoms with Gasteiger partial charge >= 0.3 is 0 Å². The van der Waals surface area contributed by atoms with E-state index < -0.39 is 6.10 Å². The molecular formula is C11H18N8O2. The first-order valence-corrected chi connectivity index (χ1v) is 6.48. The summed E-state index contributed by atoms with van der Waals surface area (Å²) in [7, 11) is 1.53.